The van der Waals surface area contributed by atoms with Crippen molar-refractivity contribution in [2.75, 3.05) is 0 Å². The van der Waals surface area contributed by atoms with E-state index in [1.54, 1.807) is 0 Å². The largest absolute Gasteiger partial charge is 2.00 e. The quantitative estimate of drug-likeness (QED) is 0.393. The van der Waals surface area contributed by atoms with Crippen LogP contribution in [-0.2, 0) is 19.2 Å². The molecule has 0 aliphatic rings. The molecule has 0 saturated carbocycles. The first-order chi connectivity index (χ1) is 8.17. The van der Waals surface area contributed by atoms with Crippen LogP contribution in [0.25, 0.3) is 0 Å². The molecule has 0 bridgehead atoms. The van der Waals surface area contributed by atoms with Crippen molar-refractivity contribution in [1.82, 2.24) is 0 Å². The van der Waals surface area contributed by atoms with Gasteiger partial charge in [0.05, 0.1) is 12.8 Å². The van der Waals surface area contributed by atoms with Crippen LogP contribution in [-0.4, -0.2) is 110 Å². The minimum Gasteiger partial charge on any atom is -0.550 e. The van der Waals surface area contributed by atoms with Crippen LogP contribution in [0.2, 0.25) is 0 Å². The Balaban J connectivity index is -0.0000000128. The minimum absolute atomic E-state index is 0. The van der Waals surface area contributed by atoms with Crippen LogP contribution >= 0.6 is 0 Å². The average Bonchev–Trinajstić information content (AvgIpc) is 2.27. The zero-order valence-electron chi connectivity index (χ0n) is 14.4. The molecular weight excluding hydrogens is 400 g/mol. The Morgan fingerprint density at radius 3 is 0.769 bits per heavy atom. The van der Waals surface area contributed by atoms with Crippen LogP contribution in [0.4, 0.5) is 0 Å². The molecule has 16 N–H and O–H groups in total. The molecule has 0 saturated heterocycles. The van der Waals surface area contributed by atoms with Crippen LogP contribution in [0, 0.1) is 0 Å². The van der Waals surface area contributed by atoms with Gasteiger partial charge in [0.25, 0.3) is 0 Å². The Labute approximate surface area is 178 Å². The monoisotopic (exact) mass is 430 g/mol. The van der Waals surface area contributed by atoms with Crippen molar-refractivity contribution in [3.63, 3.8) is 0 Å². The fourth-order valence-electron chi connectivity index (χ4n) is 0.214. The van der Waals surface area contributed by atoms with E-state index >= 15 is 0 Å². The molecule has 0 aliphatic heterocycles. The van der Waals surface area contributed by atoms with Crippen molar-refractivity contribution in [2.24, 2.45) is 0 Å². The van der Waals surface area contributed by atoms with Gasteiger partial charge < -0.3 is 68.3 Å². The van der Waals surface area contributed by atoms with E-state index in [1.165, 1.54) is 13.8 Å². The van der Waals surface area contributed by atoms with Gasteiger partial charge in [-0.05, 0) is 12.8 Å². The first-order valence-electron chi connectivity index (χ1n) is 5.00. The molecule has 0 aromatic heterocycles. The summed E-state index contributed by atoms with van der Waals surface area (Å²) in [5, 5.41) is 34.3. The Bertz CT molecular complexity index is 256. The molecular formula is C10H30CaO15. The van der Waals surface area contributed by atoms with E-state index in [-0.39, 0.29) is 102 Å². The van der Waals surface area contributed by atoms with E-state index in [0.717, 1.165) is 0 Å². The topological polar surface area (TPSA) is 375 Å². The second kappa shape index (κ2) is 56.5. The predicted octanol–water partition coefficient (Wildman–Crippen LogP) is -7.93. The van der Waals surface area contributed by atoms with Crippen molar-refractivity contribution < 1.29 is 77.9 Å². The first-order valence-corrected chi connectivity index (χ1v) is 5.00. The van der Waals surface area contributed by atoms with Crippen molar-refractivity contribution in [3.05, 3.63) is 0 Å². The molecule has 0 radical (unpaired) electrons. The third-order valence-corrected chi connectivity index (χ3v) is 1.13. The van der Waals surface area contributed by atoms with Gasteiger partial charge in [0.1, 0.15) is 0 Å². The number of carbonyl (C=O) groups excluding carboxylic acids is 2. The maximum atomic E-state index is 9.64. The standard InChI is InChI=1S/C4H6O4.2C3H6O2.Ca.7H2O/c5-3(6)1-2-4(7)8;2*1-2-3(4)5;;;;;;;;/h1-2H2,(H,5,6)(H,7,8);2*2H2,1H3,(H,4,5);;7*1H2/q;;;+2;;;;;;;/p-2. The average molecular weight is 430 g/mol. The molecule has 0 amide bonds. The Morgan fingerprint density at radius 1 is 0.615 bits per heavy atom. The summed E-state index contributed by atoms with van der Waals surface area (Å²) in [4.78, 5) is 37.8. The van der Waals surface area contributed by atoms with Crippen LogP contribution in [0.15, 0.2) is 0 Å². The van der Waals surface area contributed by atoms with Crippen LogP contribution in [0.5, 0.6) is 0 Å². The van der Waals surface area contributed by atoms with Gasteiger partial charge in [-0.2, -0.15) is 0 Å². The zero-order chi connectivity index (χ0) is 15.1. The molecule has 0 unspecified atom stereocenters. The first kappa shape index (κ1) is 73.7. The summed E-state index contributed by atoms with van der Waals surface area (Å²) in [7, 11) is 0. The number of carboxylic acid groups (broad SMARTS) is 4. The molecule has 162 valence electrons. The maximum Gasteiger partial charge on any atom is 2.00 e. The zero-order valence-corrected chi connectivity index (χ0v) is 16.6. The second-order valence-corrected chi connectivity index (χ2v) is 2.74. The van der Waals surface area contributed by atoms with Gasteiger partial charge in [0.2, 0.25) is 0 Å². The summed E-state index contributed by atoms with van der Waals surface area (Å²) in [6.07, 6.45) is -0.370. The summed E-state index contributed by atoms with van der Waals surface area (Å²) < 4.78 is 0. The molecule has 0 aromatic carbocycles. The van der Waals surface area contributed by atoms with Gasteiger partial charge in [-0.1, -0.05) is 13.8 Å². The minimum atomic E-state index is -1.08. The molecule has 26 heavy (non-hydrogen) atoms. The van der Waals surface area contributed by atoms with Gasteiger partial charge in [-0.15, -0.1) is 0 Å². The Kier molecular flexibility index (Phi) is 160. The van der Waals surface area contributed by atoms with Crippen molar-refractivity contribution in [2.45, 2.75) is 39.5 Å². The van der Waals surface area contributed by atoms with Gasteiger partial charge >= 0.3 is 49.7 Å². The maximum absolute atomic E-state index is 9.64. The van der Waals surface area contributed by atoms with Gasteiger partial charge in [-0.3, -0.25) is 9.59 Å². The number of rotatable bonds is 5. The van der Waals surface area contributed by atoms with Crippen molar-refractivity contribution in [1.29, 1.82) is 0 Å². The molecule has 0 heterocycles. The molecule has 0 atom stereocenters. The van der Waals surface area contributed by atoms with Crippen molar-refractivity contribution >= 4 is 61.6 Å². The van der Waals surface area contributed by atoms with E-state index < -0.39 is 23.9 Å². The Hall–Kier alpha value is -1.14. The fourth-order valence-corrected chi connectivity index (χ4v) is 0.214. The van der Waals surface area contributed by atoms with Gasteiger partial charge in [-0.25, -0.2) is 0 Å². The van der Waals surface area contributed by atoms with E-state index in [1.807, 2.05) is 0 Å². The molecule has 0 rings (SSSR count). The third-order valence-electron chi connectivity index (χ3n) is 1.13. The number of aliphatic carboxylic acids is 4. The normalized spacial score (nSPS) is 5.46. The van der Waals surface area contributed by atoms with Crippen LogP contribution in [0.1, 0.15) is 39.5 Å². The van der Waals surface area contributed by atoms with E-state index in [4.69, 9.17) is 10.2 Å². The summed E-state index contributed by atoms with van der Waals surface area (Å²) >= 11 is 0. The van der Waals surface area contributed by atoms with Gasteiger partial charge in [0.15, 0.2) is 0 Å². The van der Waals surface area contributed by atoms with Crippen LogP contribution in [0.3, 0.4) is 0 Å². The molecule has 0 fully saturated rings. The summed E-state index contributed by atoms with van der Waals surface area (Å²) in [5.74, 6) is -4.14. The SMILES string of the molecule is CCC(=O)[O-].CCC(=O)[O-].O.O.O.O.O.O.O.O=C(O)CCC(=O)O.[Ca+2]. The number of hydrogen-bond donors (Lipinski definition) is 2. The van der Waals surface area contributed by atoms with E-state index in [9.17, 15) is 29.4 Å². The molecule has 0 spiro atoms. The van der Waals surface area contributed by atoms with E-state index in [2.05, 4.69) is 0 Å². The second-order valence-electron chi connectivity index (χ2n) is 2.74. The predicted molar refractivity (Wildman–Crippen MR) is 86.2 cm³/mol. The smallest absolute Gasteiger partial charge is 0.550 e. The summed E-state index contributed by atoms with van der Waals surface area (Å²) in [5.41, 5.74) is 0. The molecule has 0 aromatic rings. The third kappa shape index (κ3) is 177. The molecule has 16 heteroatoms. The summed E-state index contributed by atoms with van der Waals surface area (Å²) in [6.45, 7) is 3.07. The van der Waals surface area contributed by atoms with Crippen molar-refractivity contribution in [3.8, 4) is 0 Å². The Morgan fingerprint density at radius 2 is 0.731 bits per heavy atom. The van der Waals surface area contributed by atoms with Crippen LogP contribution < -0.4 is 10.2 Å². The molecule has 15 nitrogen and oxygen atoms in total. The summed E-state index contributed by atoms with van der Waals surface area (Å²) in [6, 6.07) is 0. The number of carbonyl (C=O) groups is 4. The molecule has 0 aliphatic carbocycles. The van der Waals surface area contributed by atoms with Gasteiger partial charge in [0, 0.05) is 11.9 Å². The number of hydrogen-bond acceptors (Lipinski definition) is 6. The number of carboxylic acids is 4. The van der Waals surface area contributed by atoms with E-state index in [0.29, 0.717) is 0 Å². The fraction of sp³-hybridized carbons (Fsp3) is 0.600.